The summed E-state index contributed by atoms with van der Waals surface area (Å²) >= 11 is 0. The standard InChI is InChI=1S/C11H18N2O/c1-8(2)4-6-13-11(14)10-5-7-12-9(10)3/h5,7-8,12H,4,6H2,1-3H3,(H,13,14). The minimum absolute atomic E-state index is 0.0180. The molecule has 0 aliphatic heterocycles. The summed E-state index contributed by atoms with van der Waals surface area (Å²) < 4.78 is 0. The Morgan fingerprint density at radius 2 is 2.29 bits per heavy atom. The molecule has 0 aliphatic carbocycles. The van der Waals surface area contributed by atoms with E-state index in [9.17, 15) is 4.79 Å². The molecule has 1 aromatic heterocycles. The summed E-state index contributed by atoms with van der Waals surface area (Å²) in [6.07, 6.45) is 2.81. The summed E-state index contributed by atoms with van der Waals surface area (Å²) in [7, 11) is 0. The van der Waals surface area contributed by atoms with Gasteiger partial charge in [-0.15, -0.1) is 0 Å². The first kappa shape index (κ1) is 10.8. The van der Waals surface area contributed by atoms with Gasteiger partial charge in [0.05, 0.1) is 5.56 Å². The van der Waals surface area contributed by atoms with E-state index in [4.69, 9.17) is 0 Å². The molecule has 0 atom stereocenters. The van der Waals surface area contributed by atoms with Crippen molar-refractivity contribution in [3.05, 3.63) is 23.5 Å². The van der Waals surface area contributed by atoms with Crippen LogP contribution in [0.25, 0.3) is 0 Å². The molecule has 14 heavy (non-hydrogen) atoms. The summed E-state index contributed by atoms with van der Waals surface area (Å²) in [6, 6.07) is 1.81. The van der Waals surface area contributed by atoms with Gasteiger partial charge in [-0.2, -0.15) is 0 Å². The highest BCUT2D eigenvalue weighted by Gasteiger charge is 2.08. The van der Waals surface area contributed by atoms with Gasteiger partial charge in [0, 0.05) is 18.4 Å². The van der Waals surface area contributed by atoms with Crippen molar-refractivity contribution < 1.29 is 4.79 Å². The number of hydrogen-bond acceptors (Lipinski definition) is 1. The van der Waals surface area contributed by atoms with Gasteiger partial charge in [-0.05, 0) is 25.3 Å². The molecule has 0 bridgehead atoms. The summed E-state index contributed by atoms with van der Waals surface area (Å²) in [6.45, 7) is 6.94. The molecule has 0 aliphatic rings. The Bertz CT molecular complexity index is 302. The average molecular weight is 194 g/mol. The van der Waals surface area contributed by atoms with Crippen molar-refractivity contribution in [2.24, 2.45) is 5.92 Å². The van der Waals surface area contributed by atoms with E-state index in [0.29, 0.717) is 5.92 Å². The van der Waals surface area contributed by atoms with Gasteiger partial charge in [0.15, 0.2) is 0 Å². The van der Waals surface area contributed by atoms with Crippen LogP contribution in [0.2, 0.25) is 0 Å². The number of carbonyl (C=O) groups is 1. The van der Waals surface area contributed by atoms with Gasteiger partial charge in [0.2, 0.25) is 0 Å². The molecule has 0 fully saturated rings. The van der Waals surface area contributed by atoms with Crippen LogP contribution in [-0.2, 0) is 0 Å². The molecule has 1 heterocycles. The zero-order valence-electron chi connectivity index (χ0n) is 9.05. The molecule has 0 spiro atoms. The van der Waals surface area contributed by atoms with E-state index in [1.165, 1.54) is 0 Å². The first-order valence-electron chi connectivity index (χ1n) is 5.03. The normalized spacial score (nSPS) is 10.6. The Labute approximate surface area is 84.9 Å². The number of nitrogens with one attached hydrogen (secondary N) is 2. The van der Waals surface area contributed by atoms with Crippen molar-refractivity contribution >= 4 is 5.91 Å². The SMILES string of the molecule is Cc1[nH]ccc1C(=O)NCCC(C)C. The highest BCUT2D eigenvalue weighted by molar-refractivity contribution is 5.95. The Morgan fingerprint density at radius 1 is 1.57 bits per heavy atom. The molecule has 1 aromatic rings. The van der Waals surface area contributed by atoms with Crippen molar-refractivity contribution in [3.63, 3.8) is 0 Å². The fourth-order valence-corrected chi connectivity index (χ4v) is 1.27. The lowest BCUT2D eigenvalue weighted by Gasteiger charge is -2.06. The van der Waals surface area contributed by atoms with Crippen LogP contribution in [0.5, 0.6) is 0 Å². The van der Waals surface area contributed by atoms with Crippen LogP contribution >= 0.6 is 0 Å². The van der Waals surface area contributed by atoms with Crippen LogP contribution in [0.4, 0.5) is 0 Å². The molecule has 0 unspecified atom stereocenters. The molecule has 3 nitrogen and oxygen atoms in total. The second-order valence-corrected chi connectivity index (χ2v) is 3.95. The number of amides is 1. The maximum Gasteiger partial charge on any atom is 0.253 e. The molecular formula is C11H18N2O. The minimum Gasteiger partial charge on any atom is -0.365 e. The first-order valence-corrected chi connectivity index (χ1v) is 5.03. The summed E-state index contributed by atoms with van der Waals surface area (Å²) in [5.74, 6) is 0.645. The number of aromatic amines is 1. The average Bonchev–Trinajstić information content (AvgIpc) is 2.50. The third kappa shape index (κ3) is 2.91. The topological polar surface area (TPSA) is 44.9 Å². The van der Waals surface area contributed by atoms with E-state index >= 15 is 0 Å². The van der Waals surface area contributed by atoms with Crippen molar-refractivity contribution in [1.82, 2.24) is 10.3 Å². The lowest BCUT2D eigenvalue weighted by molar-refractivity contribution is 0.0951. The Balaban J connectivity index is 2.40. The highest BCUT2D eigenvalue weighted by Crippen LogP contribution is 2.04. The second kappa shape index (κ2) is 4.84. The lowest BCUT2D eigenvalue weighted by Crippen LogP contribution is -2.25. The van der Waals surface area contributed by atoms with Crippen LogP contribution in [-0.4, -0.2) is 17.4 Å². The van der Waals surface area contributed by atoms with Gasteiger partial charge in [-0.25, -0.2) is 0 Å². The summed E-state index contributed by atoms with van der Waals surface area (Å²) in [5, 5.41) is 2.90. The maximum atomic E-state index is 11.6. The monoisotopic (exact) mass is 194 g/mol. The molecular weight excluding hydrogens is 176 g/mol. The highest BCUT2D eigenvalue weighted by atomic mass is 16.1. The van der Waals surface area contributed by atoms with E-state index in [2.05, 4.69) is 24.1 Å². The summed E-state index contributed by atoms with van der Waals surface area (Å²) in [4.78, 5) is 14.6. The van der Waals surface area contributed by atoms with Crippen LogP contribution < -0.4 is 5.32 Å². The number of hydrogen-bond donors (Lipinski definition) is 2. The molecule has 1 rings (SSSR count). The van der Waals surface area contributed by atoms with E-state index in [0.717, 1.165) is 24.2 Å². The van der Waals surface area contributed by atoms with E-state index in [1.54, 1.807) is 12.3 Å². The molecule has 0 saturated carbocycles. The zero-order valence-corrected chi connectivity index (χ0v) is 9.05. The molecule has 1 amide bonds. The van der Waals surface area contributed by atoms with Crippen LogP contribution in [0.1, 0.15) is 36.3 Å². The Morgan fingerprint density at radius 3 is 2.79 bits per heavy atom. The molecule has 78 valence electrons. The number of carbonyl (C=O) groups excluding carboxylic acids is 1. The fraction of sp³-hybridized carbons (Fsp3) is 0.545. The van der Waals surface area contributed by atoms with Crippen molar-refractivity contribution in [1.29, 1.82) is 0 Å². The van der Waals surface area contributed by atoms with Gasteiger partial charge < -0.3 is 10.3 Å². The number of H-pyrrole nitrogens is 1. The minimum atomic E-state index is 0.0180. The van der Waals surface area contributed by atoms with E-state index < -0.39 is 0 Å². The predicted octanol–water partition coefficient (Wildman–Crippen LogP) is 2.10. The zero-order chi connectivity index (χ0) is 10.6. The van der Waals surface area contributed by atoms with Crippen molar-refractivity contribution in [2.45, 2.75) is 27.2 Å². The smallest absolute Gasteiger partial charge is 0.253 e. The first-order chi connectivity index (χ1) is 6.61. The Kier molecular flexibility index (Phi) is 3.74. The van der Waals surface area contributed by atoms with Gasteiger partial charge in [0.1, 0.15) is 0 Å². The lowest BCUT2D eigenvalue weighted by atomic mass is 10.1. The van der Waals surface area contributed by atoms with Crippen LogP contribution in [0.15, 0.2) is 12.3 Å². The maximum absolute atomic E-state index is 11.6. The second-order valence-electron chi connectivity index (χ2n) is 3.95. The molecule has 0 aromatic carbocycles. The molecule has 0 radical (unpaired) electrons. The van der Waals surface area contributed by atoms with Gasteiger partial charge in [0.25, 0.3) is 5.91 Å². The summed E-state index contributed by atoms with van der Waals surface area (Å²) in [5.41, 5.74) is 1.67. The van der Waals surface area contributed by atoms with Crippen molar-refractivity contribution in [3.8, 4) is 0 Å². The van der Waals surface area contributed by atoms with Crippen LogP contribution in [0.3, 0.4) is 0 Å². The number of aromatic nitrogens is 1. The predicted molar refractivity (Wildman–Crippen MR) is 57.3 cm³/mol. The largest absolute Gasteiger partial charge is 0.365 e. The van der Waals surface area contributed by atoms with Crippen molar-refractivity contribution in [2.75, 3.05) is 6.54 Å². The quantitative estimate of drug-likeness (QED) is 0.757. The number of rotatable bonds is 4. The van der Waals surface area contributed by atoms with E-state index in [-0.39, 0.29) is 5.91 Å². The molecule has 2 N–H and O–H groups in total. The number of aryl methyl sites for hydroxylation is 1. The van der Waals surface area contributed by atoms with Gasteiger partial charge in [-0.1, -0.05) is 13.8 Å². The molecule has 0 saturated heterocycles. The van der Waals surface area contributed by atoms with E-state index in [1.807, 2.05) is 6.92 Å². The fourth-order valence-electron chi connectivity index (χ4n) is 1.27. The third-order valence-corrected chi connectivity index (χ3v) is 2.21. The van der Waals surface area contributed by atoms with Gasteiger partial charge >= 0.3 is 0 Å². The molecule has 3 heteroatoms. The van der Waals surface area contributed by atoms with Gasteiger partial charge in [-0.3, -0.25) is 4.79 Å². The Hall–Kier alpha value is -1.25. The third-order valence-electron chi connectivity index (χ3n) is 2.21. The van der Waals surface area contributed by atoms with Crippen LogP contribution in [0, 0.1) is 12.8 Å².